The molecule has 1 amide bonds. The van der Waals surface area contributed by atoms with Crippen molar-refractivity contribution >= 4 is 24.0 Å². The summed E-state index contributed by atoms with van der Waals surface area (Å²) in [6.45, 7) is 10.6. The van der Waals surface area contributed by atoms with Crippen molar-refractivity contribution in [2.24, 2.45) is 0 Å². The number of carbonyl (C=O) groups excluding carboxylic acids is 1. The summed E-state index contributed by atoms with van der Waals surface area (Å²) in [4.78, 5) is 25.6. The second-order valence-electron chi connectivity index (χ2n) is 9.92. The van der Waals surface area contributed by atoms with E-state index >= 15 is 0 Å². The molecule has 1 saturated heterocycles. The van der Waals surface area contributed by atoms with Crippen molar-refractivity contribution in [1.29, 1.82) is 0 Å². The van der Waals surface area contributed by atoms with Crippen LogP contribution in [-0.4, -0.2) is 57.6 Å². The molecule has 0 bridgehead atoms. The predicted octanol–water partition coefficient (Wildman–Crippen LogP) is 4.49. The molecule has 1 unspecified atom stereocenters. The molecular weight excluding hydrogens is 464 g/mol. The van der Waals surface area contributed by atoms with E-state index in [1.807, 2.05) is 40.2 Å². The number of aromatic nitrogens is 3. The van der Waals surface area contributed by atoms with Crippen molar-refractivity contribution in [3.05, 3.63) is 60.0 Å². The van der Waals surface area contributed by atoms with Crippen LogP contribution in [0.4, 0.5) is 5.69 Å². The summed E-state index contributed by atoms with van der Waals surface area (Å²) >= 11 is 0. The van der Waals surface area contributed by atoms with E-state index in [1.165, 1.54) is 24.1 Å². The monoisotopic (exact) mass is 498 g/mol. The Hall–Kier alpha value is -2.97. The average Bonchev–Trinajstić information content (AvgIpc) is 3.37. The average molecular weight is 499 g/mol. The van der Waals surface area contributed by atoms with E-state index in [2.05, 4.69) is 56.5 Å². The summed E-state index contributed by atoms with van der Waals surface area (Å²) in [6, 6.07) is 9.04. The SMILES string of the molecule is CNC1CCCN(c2cnccc2-c2ccc(CN(C(=O)c3ncon3)C(C)(C)C)c(C)c2)C1.Cl. The number of hydrogen-bond acceptors (Lipinski definition) is 7. The number of aryl methyl sites for hydroxylation is 1. The number of benzene rings is 1. The fourth-order valence-corrected chi connectivity index (χ4v) is 4.52. The third-order valence-electron chi connectivity index (χ3n) is 6.56. The number of pyridine rings is 1. The smallest absolute Gasteiger partial charge is 0.295 e. The lowest BCUT2D eigenvalue weighted by atomic mass is 9.96. The second-order valence-corrected chi connectivity index (χ2v) is 9.92. The number of piperidine rings is 1. The minimum atomic E-state index is -0.404. The Morgan fingerprint density at radius 1 is 1.29 bits per heavy atom. The summed E-state index contributed by atoms with van der Waals surface area (Å²) in [5.74, 6) is -0.169. The minimum absolute atomic E-state index is 0. The zero-order valence-electron chi connectivity index (χ0n) is 21.1. The predicted molar refractivity (Wildman–Crippen MR) is 140 cm³/mol. The van der Waals surface area contributed by atoms with E-state index < -0.39 is 5.54 Å². The van der Waals surface area contributed by atoms with Crippen LogP contribution in [0.5, 0.6) is 0 Å². The van der Waals surface area contributed by atoms with E-state index in [0.717, 1.165) is 36.2 Å². The summed E-state index contributed by atoms with van der Waals surface area (Å²) in [5.41, 5.74) is 5.30. The lowest BCUT2D eigenvalue weighted by Gasteiger charge is -2.36. The molecule has 1 atom stereocenters. The normalized spacial score (nSPS) is 16.0. The Balaban J connectivity index is 0.00000342. The minimum Gasteiger partial charge on any atom is -0.368 e. The van der Waals surface area contributed by atoms with Crippen LogP contribution in [0, 0.1) is 6.92 Å². The number of hydrogen-bond donors (Lipinski definition) is 1. The van der Waals surface area contributed by atoms with Gasteiger partial charge in [0.15, 0.2) is 0 Å². The Labute approximate surface area is 213 Å². The van der Waals surface area contributed by atoms with Crippen LogP contribution >= 0.6 is 12.4 Å². The maximum Gasteiger partial charge on any atom is 0.295 e. The highest BCUT2D eigenvalue weighted by Gasteiger charge is 2.30. The molecule has 1 aliphatic rings. The molecule has 1 N–H and O–H groups in total. The topological polar surface area (TPSA) is 87.4 Å². The molecule has 4 rings (SSSR count). The summed E-state index contributed by atoms with van der Waals surface area (Å²) in [7, 11) is 2.03. The Morgan fingerprint density at radius 3 is 2.74 bits per heavy atom. The second kappa shape index (κ2) is 11.2. The van der Waals surface area contributed by atoms with Crippen molar-refractivity contribution in [3.8, 4) is 11.1 Å². The first kappa shape index (κ1) is 26.6. The van der Waals surface area contributed by atoms with Crippen LogP contribution < -0.4 is 10.2 Å². The summed E-state index contributed by atoms with van der Waals surface area (Å²) in [5, 5.41) is 7.16. The number of halogens is 1. The Bertz CT molecular complexity index is 1130. The maximum absolute atomic E-state index is 13.1. The van der Waals surface area contributed by atoms with Crippen LogP contribution in [-0.2, 0) is 6.54 Å². The van der Waals surface area contributed by atoms with Gasteiger partial charge in [-0.05, 0) is 70.3 Å². The third-order valence-corrected chi connectivity index (χ3v) is 6.56. The number of likely N-dealkylation sites (N-methyl/N-ethyl adjacent to an activating group) is 1. The molecule has 35 heavy (non-hydrogen) atoms. The first-order chi connectivity index (χ1) is 16.3. The number of anilines is 1. The number of amides is 1. The van der Waals surface area contributed by atoms with Gasteiger partial charge in [0.1, 0.15) is 0 Å². The number of nitrogens with zero attached hydrogens (tertiary/aromatic N) is 5. The molecule has 9 heteroatoms. The van der Waals surface area contributed by atoms with Crippen LogP contribution in [0.25, 0.3) is 11.1 Å². The van der Waals surface area contributed by atoms with Gasteiger partial charge in [-0.2, -0.15) is 4.98 Å². The summed E-state index contributed by atoms with van der Waals surface area (Å²) in [6.07, 6.45) is 7.37. The van der Waals surface area contributed by atoms with Gasteiger partial charge < -0.3 is 19.6 Å². The van der Waals surface area contributed by atoms with Crippen LogP contribution in [0.3, 0.4) is 0 Å². The molecule has 2 aromatic heterocycles. The first-order valence-electron chi connectivity index (χ1n) is 11.8. The fourth-order valence-electron chi connectivity index (χ4n) is 4.52. The lowest BCUT2D eigenvalue weighted by Crippen LogP contribution is -2.45. The van der Waals surface area contributed by atoms with Gasteiger partial charge in [-0.3, -0.25) is 9.78 Å². The van der Waals surface area contributed by atoms with Crippen molar-refractivity contribution in [2.75, 3.05) is 25.0 Å². The van der Waals surface area contributed by atoms with Crippen molar-refractivity contribution in [2.45, 2.75) is 58.7 Å². The van der Waals surface area contributed by atoms with Gasteiger partial charge in [0.05, 0.1) is 11.9 Å². The van der Waals surface area contributed by atoms with Gasteiger partial charge in [0.25, 0.3) is 11.7 Å². The van der Waals surface area contributed by atoms with Gasteiger partial charge in [0.2, 0.25) is 6.39 Å². The van der Waals surface area contributed by atoms with E-state index in [1.54, 1.807) is 4.90 Å². The maximum atomic E-state index is 13.1. The van der Waals surface area contributed by atoms with Crippen LogP contribution in [0.1, 0.15) is 55.4 Å². The highest BCUT2D eigenvalue weighted by atomic mass is 35.5. The van der Waals surface area contributed by atoms with Gasteiger partial charge in [-0.25, -0.2) is 0 Å². The molecule has 1 aliphatic heterocycles. The van der Waals surface area contributed by atoms with Gasteiger partial charge in [-0.1, -0.05) is 23.4 Å². The number of rotatable bonds is 6. The van der Waals surface area contributed by atoms with Crippen LogP contribution in [0.2, 0.25) is 0 Å². The largest absolute Gasteiger partial charge is 0.368 e. The van der Waals surface area contributed by atoms with E-state index in [9.17, 15) is 4.79 Å². The molecule has 8 nitrogen and oxygen atoms in total. The highest BCUT2D eigenvalue weighted by Crippen LogP contribution is 2.33. The van der Waals surface area contributed by atoms with Crippen molar-refractivity contribution in [1.82, 2.24) is 25.3 Å². The molecule has 188 valence electrons. The van der Waals surface area contributed by atoms with Gasteiger partial charge in [0, 0.05) is 43.0 Å². The molecule has 1 aromatic carbocycles. The van der Waals surface area contributed by atoms with Crippen LogP contribution in [0.15, 0.2) is 47.6 Å². The zero-order chi connectivity index (χ0) is 24.3. The molecule has 0 radical (unpaired) electrons. The quantitative estimate of drug-likeness (QED) is 0.535. The molecule has 0 spiro atoms. The zero-order valence-corrected chi connectivity index (χ0v) is 21.9. The lowest BCUT2D eigenvalue weighted by molar-refractivity contribution is 0.0542. The van der Waals surface area contributed by atoms with E-state index in [4.69, 9.17) is 4.52 Å². The van der Waals surface area contributed by atoms with E-state index in [-0.39, 0.29) is 24.1 Å². The number of carbonyl (C=O) groups is 1. The molecule has 1 fully saturated rings. The Kier molecular flexibility index (Phi) is 8.51. The first-order valence-corrected chi connectivity index (χ1v) is 11.8. The van der Waals surface area contributed by atoms with Gasteiger partial charge in [-0.15, -0.1) is 12.4 Å². The highest BCUT2D eigenvalue weighted by molar-refractivity contribution is 5.90. The number of nitrogens with one attached hydrogen (secondary N) is 1. The molecular formula is C26H35ClN6O2. The standard InChI is InChI=1S/C26H34N6O2.ClH/c1-18-13-19(22-10-11-28-14-23(22)31-12-6-7-21(16-31)27-5)8-9-20(18)15-32(26(2,3)4)25(33)24-29-17-34-30-24;/h8-11,13-14,17,21,27H,6-7,12,15-16H2,1-5H3;1H. The molecule has 3 heterocycles. The van der Waals surface area contributed by atoms with Crippen molar-refractivity contribution in [3.63, 3.8) is 0 Å². The van der Waals surface area contributed by atoms with E-state index in [0.29, 0.717) is 12.6 Å². The van der Waals surface area contributed by atoms with Gasteiger partial charge >= 0.3 is 0 Å². The van der Waals surface area contributed by atoms with Crippen molar-refractivity contribution < 1.29 is 9.32 Å². The molecule has 3 aromatic rings. The molecule has 0 saturated carbocycles. The Morgan fingerprint density at radius 2 is 2.09 bits per heavy atom. The summed E-state index contributed by atoms with van der Waals surface area (Å²) < 4.78 is 4.79. The third kappa shape index (κ3) is 6.00. The fraction of sp³-hybridized carbons (Fsp3) is 0.462. The molecule has 0 aliphatic carbocycles.